The number of aliphatic hydroxyl groups excluding tert-OH is 1. The molecule has 1 aromatic rings. The number of hydrogen-bond acceptors (Lipinski definition) is 3. The zero-order valence-corrected chi connectivity index (χ0v) is 11.6. The van der Waals surface area contributed by atoms with E-state index in [1.54, 1.807) is 11.8 Å². The maximum Gasteiger partial charge on any atom is 0.172 e. The second-order valence-corrected chi connectivity index (χ2v) is 5.68. The van der Waals surface area contributed by atoms with Gasteiger partial charge in [0.2, 0.25) is 0 Å². The van der Waals surface area contributed by atoms with Gasteiger partial charge in [0.25, 0.3) is 0 Å². The molecule has 0 bridgehead atoms. The van der Waals surface area contributed by atoms with Crippen molar-refractivity contribution in [3.8, 4) is 0 Å². The van der Waals surface area contributed by atoms with Gasteiger partial charge in [-0.05, 0) is 23.8 Å². The fourth-order valence-corrected chi connectivity index (χ4v) is 2.53. The van der Waals surface area contributed by atoms with Crippen LogP contribution >= 0.6 is 27.7 Å². The Morgan fingerprint density at radius 1 is 1.56 bits per heavy atom. The Morgan fingerprint density at radius 2 is 2.31 bits per heavy atom. The smallest absolute Gasteiger partial charge is 0.172 e. The first kappa shape index (κ1) is 13.7. The minimum absolute atomic E-state index is 0.136. The van der Waals surface area contributed by atoms with E-state index in [2.05, 4.69) is 15.9 Å². The number of aliphatic hydroxyl groups is 1. The predicted molar refractivity (Wildman–Crippen MR) is 72.0 cm³/mol. The third-order valence-electron chi connectivity index (χ3n) is 2.09. The normalized spacial score (nSPS) is 12.4. The van der Waals surface area contributed by atoms with Crippen LogP contribution in [-0.4, -0.2) is 29.0 Å². The van der Waals surface area contributed by atoms with Crippen molar-refractivity contribution in [3.05, 3.63) is 34.3 Å². The third-order valence-corrected chi connectivity index (χ3v) is 3.86. The van der Waals surface area contributed by atoms with Gasteiger partial charge in [0.15, 0.2) is 5.78 Å². The Morgan fingerprint density at radius 3 is 2.94 bits per heavy atom. The van der Waals surface area contributed by atoms with Crippen molar-refractivity contribution < 1.29 is 9.90 Å². The van der Waals surface area contributed by atoms with Crippen LogP contribution in [0.25, 0.3) is 0 Å². The van der Waals surface area contributed by atoms with E-state index in [-0.39, 0.29) is 18.3 Å². The number of thioether (sulfide) groups is 1. The first-order valence-corrected chi connectivity index (χ1v) is 7.05. The van der Waals surface area contributed by atoms with Crippen molar-refractivity contribution in [3.63, 3.8) is 0 Å². The van der Waals surface area contributed by atoms with Crippen LogP contribution in [0, 0.1) is 5.92 Å². The summed E-state index contributed by atoms with van der Waals surface area (Å²) in [7, 11) is 0. The summed E-state index contributed by atoms with van der Waals surface area (Å²) in [5.41, 5.74) is 0.735. The molecule has 0 saturated carbocycles. The number of halogens is 1. The number of ketones is 1. The molecule has 0 spiro atoms. The standard InChI is InChI=1S/C12H15BrO2S/c1-9(6-14)7-16-8-12(15)10-3-2-4-11(13)5-10/h2-5,9,14H,6-8H2,1H3. The summed E-state index contributed by atoms with van der Waals surface area (Å²) in [6, 6.07) is 7.41. The largest absolute Gasteiger partial charge is 0.396 e. The zero-order chi connectivity index (χ0) is 12.0. The molecule has 1 N–H and O–H groups in total. The molecule has 4 heteroatoms. The lowest BCUT2D eigenvalue weighted by Crippen LogP contribution is -2.08. The SMILES string of the molecule is CC(CO)CSCC(=O)c1cccc(Br)c1. The molecular weight excluding hydrogens is 288 g/mol. The molecule has 0 heterocycles. The third kappa shape index (κ3) is 4.68. The quantitative estimate of drug-likeness (QED) is 0.821. The minimum atomic E-state index is 0.136. The van der Waals surface area contributed by atoms with Crippen molar-refractivity contribution in [1.82, 2.24) is 0 Å². The second-order valence-electron chi connectivity index (χ2n) is 3.74. The van der Waals surface area contributed by atoms with E-state index < -0.39 is 0 Å². The summed E-state index contributed by atoms with van der Waals surface area (Å²) in [4.78, 5) is 11.8. The fraction of sp³-hybridized carbons (Fsp3) is 0.417. The maximum atomic E-state index is 11.8. The molecule has 1 rings (SSSR count). The molecule has 1 atom stereocenters. The fourth-order valence-electron chi connectivity index (χ4n) is 1.15. The average molecular weight is 303 g/mol. The highest BCUT2D eigenvalue weighted by Crippen LogP contribution is 2.15. The first-order valence-electron chi connectivity index (χ1n) is 5.11. The van der Waals surface area contributed by atoms with Crippen LogP contribution in [0.3, 0.4) is 0 Å². The summed E-state index contributed by atoms with van der Waals surface area (Å²) in [6.45, 7) is 2.15. The Labute approximate surface area is 109 Å². The van der Waals surface area contributed by atoms with Gasteiger partial charge in [-0.25, -0.2) is 0 Å². The van der Waals surface area contributed by atoms with Crippen LogP contribution in [0.15, 0.2) is 28.7 Å². The number of rotatable bonds is 6. The number of benzene rings is 1. The summed E-state index contributed by atoms with van der Waals surface area (Å²) in [5, 5.41) is 8.85. The molecule has 88 valence electrons. The average Bonchev–Trinajstić information content (AvgIpc) is 2.28. The Kier molecular flexibility index (Phi) is 6.09. The van der Waals surface area contributed by atoms with E-state index in [1.807, 2.05) is 31.2 Å². The van der Waals surface area contributed by atoms with Crippen molar-refractivity contribution in [1.29, 1.82) is 0 Å². The topological polar surface area (TPSA) is 37.3 Å². The van der Waals surface area contributed by atoms with Crippen molar-refractivity contribution >= 4 is 33.5 Å². The van der Waals surface area contributed by atoms with Gasteiger partial charge in [0.05, 0.1) is 5.75 Å². The van der Waals surface area contributed by atoms with Crippen molar-refractivity contribution in [2.75, 3.05) is 18.1 Å². The van der Waals surface area contributed by atoms with E-state index in [9.17, 15) is 4.79 Å². The number of carbonyl (C=O) groups is 1. The van der Waals surface area contributed by atoms with E-state index in [0.717, 1.165) is 15.8 Å². The molecule has 0 aliphatic carbocycles. The highest BCUT2D eigenvalue weighted by molar-refractivity contribution is 9.10. The Bertz CT molecular complexity index is 355. The lowest BCUT2D eigenvalue weighted by Gasteiger charge is -2.06. The van der Waals surface area contributed by atoms with Gasteiger partial charge in [0, 0.05) is 16.6 Å². The molecule has 0 aromatic heterocycles. The highest BCUT2D eigenvalue weighted by Gasteiger charge is 2.07. The predicted octanol–water partition coefficient (Wildman–Crippen LogP) is 2.99. The molecular formula is C12H15BrO2S. The highest BCUT2D eigenvalue weighted by atomic mass is 79.9. The van der Waals surface area contributed by atoms with Gasteiger partial charge in [-0.1, -0.05) is 35.0 Å². The molecule has 0 fully saturated rings. The van der Waals surface area contributed by atoms with E-state index >= 15 is 0 Å². The summed E-state index contributed by atoms with van der Waals surface area (Å²) in [5.74, 6) is 1.67. The first-order chi connectivity index (χ1) is 7.63. The van der Waals surface area contributed by atoms with E-state index in [0.29, 0.717) is 5.75 Å². The van der Waals surface area contributed by atoms with Crippen LogP contribution < -0.4 is 0 Å². The van der Waals surface area contributed by atoms with Crippen molar-refractivity contribution in [2.45, 2.75) is 6.92 Å². The number of Topliss-reactive ketones (excluding diaryl/α,β-unsaturated/α-hetero) is 1. The van der Waals surface area contributed by atoms with Crippen LogP contribution in [0.1, 0.15) is 17.3 Å². The van der Waals surface area contributed by atoms with Crippen LogP contribution in [-0.2, 0) is 0 Å². The molecule has 2 nitrogen and oxygen atoms in total. The Balaban J connectivity index is 2.41. The van der Waals surface area contributed by atoms with E-state index in [4.69, 9.17) is 5.11 Å². The van der Waals surface area contributed by atoms with E-state index in [1.165, 1.54) is 0 Å². The second kappa shape index (κ2) is 7.09. The molecule has 0 saturated heterocycles. The zero-order valence-electron chi connectivity index (χ0n) is 9.15. The van der Waals surface area contributed by atoms with Crippen molar-refractivity contribution in [2.24, 2.45) is 5.92 Å². The summed E-state index contributed by atoms with van der Waals surface area (Å²) >= 11 is 4.91. The molecule has 0 aliphatic rings. The molecule has 0 radical (unpaired) electrons. The van der Waals surface area contributed by atoms with Gasteiger partial charge >= 0.3 is 0 Å². The number of carbonyl (C=O) groups excluding carboxylic acids is 1. The van der Waals surface area contributed by atoms with Gasteiger partial charge in [-0.3, -0.25) is 4.79 Å². The van der Waals surface area contributed by atoms with Gasteiger partial charge in [0.1, 0.15) is 0 Å². The van der Waals surface area contributed by atoms with Crippen LogP contribution in [0.5, 0.6) is 0 Å². The summed E-state index contributed by atoms with van der Waals surface area (Å²) in [6.07, 6.45) is 0. The lowest BCUT2D eigenvalue weighted by atomic mass is 10.2. The minimum Gasteiger partial charge on any atom is -0.396 e. The van der Waals surface area contributed by atoms with Gasteiger partial charge < -0.3 is 5.11 Å². The lowest BCUT2D eigenvalue weighted by molar-refractivity contribution is 0.102. The molecule has 0 amide bonds. The monoisotopic (exact) mass is 302 g/mol. The Hall–Kier alpha value is -0.320. The van der Waals surface area contributed by atoms with Crippen LogP contribution in [0.2, 0.25) is 0 Å². The maximum absolute atomic E-state index is 11.8. The molecule has 0 aliphatic heterocycles. The summed E-state index contributed by atoms with van der Waals surface area (Å²) < 4.78 is 0.923. The molecule has 1 unspecified atom stereocenters. The van der Waals surface area contributed by atoms with Crippen LogP contribution in [0.4, 0.5) is 0 Å². The van der Waals surface area contributed by atoms with Gasteiger partial charge in [-0.15, -0.1) is 0 Å². The van der Waals surface area contributed by atoms with Gasteiger partial charge in [-0.2, -0.15) is 11.8 Å². The number of hydrogen-bond donors (Lipinski definition) is 1. The molecule has 16 heavy (non-hydrogen) atoms. The molecule has 1 aromatic carbocycles.